The van der Waals surface area contributed by atoms with Crippen LogP contribution in [0, 0.1) is 0 Å². The SMILES string of the molecule is CC1OCCC1(C)NCc1[nH]ccc1C(=O)O. The van der Waals surface area contributed by atoms with Crippen LogP contribution in [0.2, 0.25) is 0 Å². The van der Waals surface area contributed by atoms with Crippen molar-refractivity contribution in [2.75, 3.05) is 6.61 Å². The second-order valence-electron chi connectivity index (χ2n) is 4.71. The van der Waals surface area contributed by atoms with Crippen molar-refractivity contribution in [3.8, 4) is 0 Å². The van der Waals surface area contributed by atoms with Gasteiger partial charge in [-0.15, -0.1) is 0 Å². The molecule has 0 radical (unpaired) electrons. The van der Waals surface area contributed by atoms with E-state index >= 15 is 0 Å². The third-order valence-corrected chi connectivity index (χ3v) is 3.62. The number of ether oxygens (including phenoxy) is 1. The summed E-state index contributed by atoms with van der Waals surface area (Å²) in [5, 5.41) is 12.4. The molecule has 5 heteroatoms. The second-order valence-corrected chi connectivity index (χ2v) is 4.71. The smallest absolute Gasteiger partial charge is 0.337 e. The fourth-order valence-electron chi connectivity index (χ4n) is 2.11. The Morgan fingerprint density at radius 2 is 2.53 bits per heavy atom. The molecule has 0 aliphatic carbocycles. The number of rotatable bonds is 4. The monoisotopic (exact) mass is 238 g/mol. The maximum atomic E-state index is 11.0. The van der Waals surface area contributed by atoms with Crippen LogP contribution in [0.15, 0.2) is 12.3 Å². The van der Waals surface area contributed by atoms with E-state index in [9.17, 15) is 4.79 Å². The molecule has 2 heterocycles. The zero-order valence-electron chi connectivity index (χ0n) is 10.1. The summed E-state index contributed by atoms with van der Waals surface area (Å²) in [5.41, 5.74) is 0.950. The summed E-state index contributed by atoms with van der Waals surface area (Å²) in [4.78, 5) is 13.9. The van der Waals surface area contributed by atoms with Gasteiger partial charge in [-0.05, 0) is 26.3 Å². The quantitative estimate of drug-likeness (QED) is 0.740. The van der Waals surface area contributed by atoms with Gasteiger partial charge in [-0.3, -0.25) is 0 Å². The van der Waals surface area contributed by atoms with Crippen molar-refractivity contribution in [3.05, 3.63) is 23.5 Å². The average Bonchev–Trinajstić information content (AvgIpc) is 2.85. The number of aromatic amines is 1. The Bertz CT molecular complexity index is 416. The molecule has 1 saturated heterocycles. The molecule has 17 heavy (non-hydrogen) atoms. The van der Waals surface area contributed by atoms with E-state index in [2.05, 4.69) is 17.2 Å². The van der Waals surface area contributed by atoms with Crippen molar-refractivity contribution in [1.82, 2.24) is 10.3 Å². The zero-order valence-corrected chi connectivity index (χ0v) is 10.1. The van der Waals surface area contributed by atoms with Crippen LogP contribution in [0.5, 0.6) is 0 Å². The minimum Gasteiger partial charge on any atom is -0.478 e. The average molecular weight is 238 g/mol. The first-order chi connectivity index (χ1) is 8.03. The van der Waals surface area contributed by atoms with Gasteiger partial charge < -0.3 is 20.1 Å². The molecule has 1 fully saturated rings. The van der Waals surface area contributed by atoms with E-state index in [1.165, 1.54) is 0 Å². The third-order valence-electron chi connectivity index (χ3n) is 3.62. The van der Waals surface area contributed by atoms with Crippen LogP contribution in [0.1, 0.15) is 36.3 Å². The largest absolute Gasteiger partial charge is 0.478 e. The van der Waals surface area contributed by atoms with Gasteiger partial charge >= 0.3 is 5.97 Å². The highest BCUT2D eigenvalue weighted by Gasteiger charge is 2.36. The summed E-state index contributed by atoms with van der Waals surface area (Å²) in [7, 11) is 0. The van der Waals surface area contributed by atoms with Crippen LogP contribution in [-0.2, 0) is 11.3 Å². The number of carboxylic acid groups (broad SMARTS) is 1. The van der Waals surface area contributed by atoms with Crippen molar-refractivity contribution in [2.45, 2.75) is 38.5 Å². The van der Waals surface area contributed by atoms with Crippen LogP contribution >= 0.6 is 0 Å². The van der Waals surface area contributed by atoms with Crippen molar-refractivity contribution in [1.29, 1.82) is 0 Å². The lowest BCUT2D eigenvalue weighted by molar-refractivity contribution is 0.0695. The van der Waals surface area contributed by atoms with Crippen LogP contribution in [0.4, 0.5) is 0 Å². The van der Waals surface area contributed by atoms with E-state index in [4.69, 9.17) is 9.84 Å². The first-order valence-corrected chi connectivity index (χ1v) is 5.79. The normalized spacial score (nSPS) is 28.5. The molecule has 2 unspecified atom stereocenters. The standard InChI is InChI=1S/C12H18N2O3/c1-8-12(2,4-6-17-8)14-7-10-9(11(15)16)3-5-13-10/h3,5,8,13-14H,4,6-7H2,1-2H3,(H,15,16). The predicted molar refractivity (Wildman–Crippen MR) is 63.0 cm³/mol. The predicted octanol–water partition coefficient (Wildman–Crippen LogP) is 1.37. The van der Waals surface area contributed by atoms with Gasteiger partial charge in [0.1, 0.15) is 0 Å². The van der Waals surface area contributed by atoms with E-state index in [-0.39, 0.29) is 11.6 Å². The fourth-order valence-corrected chi connectivity index (χ4v) is 2.11. The molecule has 1 aliphatic heterocycles. The lowest BCUT2D eigenvalue weighted by Gasteiger charge is -2.29. The van der Waals surface area contributed by atoms with Crippen molar-refractivity contribution < 1.29 is 14.6 Å². The minimum atomic E-state index is -0.899. The van der Waals surface area contributed by atoms with E-state index in [0.717, 1.165) is 13.0 Å². The summed E-state index contributed by atoms with van der Waals surface area (Å²) in [6, 6.07) is 1.58. The van der Waals surface area contributed by atoms with Gasteiger partial charge in [0.2, 0.25) is 0 Å². The molecule has 2 rings (SSSR count). The number of hydrogen-bond donors (Lipinski definition) is 3. The zero-order chi connectivity index (χ0) is 12.5. The topological polar surface area (TPSA) is 74.3 Å². The molecule has 2 atom stereocenters. The Labute approximate surface area is 100 Å². The number of carboxylic acids is 1. The summed E-state index contributed by atoms with van der Waals surface area (Å²) >= 11 is 0. The highest BCUT2D eigenvalue weighted by Crippen LogP contribution is 2.25. The lowest BCUT2D eigenvalue weighted by Crippen LogP contribution is -2.47. The highest BCUT2D eigenvalue weighted by atomic mass is 16.5. The molecule has 0 saturated carbocycles. The molecule has 0 aromatic carbocycles. The molecule has 1 aromatic rings. The van der Waals surface area contributed by atoms with Gasteiger partial charge in [0.15, 0.2) is 0 Å². The Balaban J connectivity index is 2.02. The molecule has 0 amide bonds. The lowest BCUT2D eigenvalue weighted by atomic mass is 9.94. The fraction of sp³-hybridized carbons (Fsp3) is 0.583. The molecular formula is C12H18N2O3. The first kappa shape index (κ1) is 12.1. The molecule has 1 aromatic heterocycles. The van der Waals surface area contributed by atoms with Gasteiger partial charge in [0.05, 0.1) is 11.7 Å². The number of H-pyrrole nitrogens is 1. The van der Waals surface area contributed by atoms with E-state index in [1.54, 1.807) is 12.3 Å². The van der Waals surface area contributed by atoms with Crippen molar-refractivity contribution >= 4 is 5.97 Å². The second kappa shape index (κ2) is 4.50. The van der Waals surface area contributed by atoms with Crippen LogP contribution in [0.3, 0.4) is 0 Å². The van der Waals surface area contributed by atoms with Crippen LogP contribution in [-0.4, -0.2) is 34.3 Å². The van der Waals surface area contributed by atoms with E-state index in [1.807, 2.05) is 6.92 Å². The summed E-state index contributed by atoms with van der Waals surface area (Å²) in [6.07, 6.45) is 2.74. The van der Waals surface area contributed by atoms with Crippen LogP contribution in [0.25, 0.3) is 0 Å². The highest BCUT2D eigenvalue weighted by molar-refractivity contribution is 5.88. The molecule has 1 aliphatic rings. The van der Waals surface area contributed by atoms with Gasteiger partial charge in [-0.1, -0.05) is 0 Å². The van der Waals surface area contributed by atoms with E-state index < -0.39 is 5.97 Å². The van der Waals surface area contributed by atoms with Gasteiger partial charge in [0.25, 0.3) is 0 Å². The molecule has 3 N–H and O–H groups in total. The minimum absolute atomic E-state index is 0.0825. The third kappa shape index (κ3) is 2.35. The molecule has 0 spiro atoms. The Morgan fingerprint density at radius 1 is 1.76 bits per heavy atom. The van der Waals surface area contributed by atoms with Gasteiger partial charge in [-0.2, -0.15) is 0 Å². The molecule has 0 bridgehead atoms. The molecule has 5 nitrogen and oxygen atoms in total. The Hall–Kier alpha value is -1.33. The summed E-state index contributed by atoms with van der Waals surface area (Å²) in [5.74, 6) is -0.899. The van der Waals surface area contributed by atoms with Crippen molar-refractivity contribution in [3.63, 3.8) is 0 Å². The maximum Gasteiger partial charge on any atom is 0.337 e. The number of hydrogen-bond acceptors (Lipinski definition) is 3. The Kier molecular flexibility index (Phi) is 3.22. The van der Waals surface area contributed by atoms with Gasteiger partial charge in [0, 0.05) is 30.6 Å². The summed E-state index contributed by atoms with van der Waals surface area (Å²) < 4.78 is 5.53. The maximum absolute atomic E-state index is 11.0. The number of carbonyl (C=O) groups is 1. The van der Waals surface area contributed by atoms with Crippen LogP contribution < -0.4 is 5.32 Å². The number of aromatic nitrogens is 1. The molecule has 94 valence electrons. The number of aromatic carboxylic acids is 1. The molecular weight excluding hydrogens is 220 g/mol. The number of nitrogens with one attached hydrogen (secondary N) is 2. The first-order valence-electron chi connectivity index (χ1n) is 5.79. The Morgan fingerprint density at radius 3 is 3.12 bits per heavy atom. The summed E-state index contributed by atoms with van der Waals surface area (Å²) in [6.45, 7) is 5.40. The van der Waals surface area contributed by atoms with Crippen molar-refractivity contribution in [2.24, 2.45) is 0 Å². The van der Waals surface area contributed by atoms with E-state index in [0.29, 0.717) is 17.8 Å². The van der Waals surface area contributed by atoms with Gasteiger partial charge in [-0.25, -0.2) is 4.79 Å².